The van der Waals surface area contributed by atoms with Crippen molar-refractivity contribution in [2.24, 2.45) is 34.5 Å². The van der Waals surface area contributed by atoms with Crippen LogP contribution in [0, 0.1) is 34.5 Å². The summed E-state index contributed by atoms with van der Waals surface area (Å²) in [5.74, 6) is 3.33. The van der Waals surface area contributed by atoms with Crippen molar-refractivity contribution in [3.8, 4) is 0 Å². The summed E-state index contributed by atoms with van der Waals surface area (Å²) in [6, 6.07) is 0.343. The molecule has 4 aliphatic carbocycles. The maximum atomic E-state index is 12.8. The van der Waals surface area contributed by atoms with Crippen molar-refractivity contribution in [1.82, 2.24) is 10.2 Å². The van der Waals surface area contributed by atoms with Gasteiger partial charge < -0.3 is 15.2 Å². The fraction of sp³-hybridized carbons (Fsp3) is 0.960. The summed E-state index contributed by atoms with van der Waals surface area (Å²) in [6.07, 6.45) is 10.8. The normalized spacial score (nSPS) is 49.0. The Kier molecular flexibility index (Phi) is 5.69. The number of nitrogens with one attached hydrogen (secondary N) is 1. The zero-order chi connectivity index (χ0) is 20.9. The highest BCUT2D eigenvalue weighted by Gasteiger charge is 2.60. The van der Waals surface area contributed by atoms with Crippen molar-refractivity contribution >= 4 is 5.91 Å². The number of ether oxygens (including phenoxy) is 1. The summed E-state index contributed by atoms with van der Waals surface area (Å²) in [5, 5.41) is 13.7. The molecule has 170 valence electrons. The number of fused-ring (bicyclic) bond motifs is 5. The maximum absolute atomic E-state index is 12.8. The van der Waals surface area contributed by atoms with Crippen LogP contribution in [-0.4, -0.2) is 60.9 Å². The van der Waals surface area contributed by atoms with Crippen LogP contribution in [0.1, 0.15) is 71.6 Å². The van der Waals surface area contributed by atoms with Gasteiger partial charge in [0.15, 0.2) is 0 Å². The number of amides is 1. The number of rotatable bonds is 3. The van der Waals surface area contributed by atoms with E-state index in [1.54, 1.807) is 0 Å². The predicted octanol–water partition coefficient (Wildman–Crippen LogP) is 3.21. The summed E-state index contributed by atoms with van der Waals surface area (Å²) < 4.78 is 5.42. The second-order valence-corrected chi connectivity index (χ2v) is 11.7. The van der Waals surface area contributed by atoms with Crippen LogP contribution in [0.25, 0.3) is 0 Å². The Hall–Kier alpha value is -0.650. The fourth-order valence-corrected chi connectivity index (χ4v) is 8.67. The monoisotopic (exact) mass is 418 g/mol. The molecule has 0 spiro atoms. The first-order valence-corrected chi connectivity index (χ1v) is 12.7. The van der Waals surface area contributed by atoms with E-state index >= 15 is 0 Å². The van der Waals surface area contributed by atoms with Crippen LogP contribution in [0.4, 0.5) is 0 Å². The minimum Gasteiger partial charge on any atom is -0.393 e. The maximum Gasteiger partial charge on any atom is 0.234 e. The third kappa shape index (κ3) is 3.53. The molecule has 4 saturated carbocycles. The molecule has 1 heterocycles. The van der Waals surface area contributed by atoms with Crippen molar-refractivity contribution in [2.45, 2.75) is 83.8 Å². The molecule has 5 aliphatic rings. The minimum atomic E-state index is -0.0639. The van der Waals surface area contributed by atoms with Crippen LogP contribution in [0.2, 0.25) is 0 Å². The SMILES string of the molecule is C[C@]12CC[C@H]3[C@@H](CC[C@H]4C[C@H](O)CC[C@@]43C)[C@H]1CC[C@H]2NC(=O)CN1CCOCC1. The molecule has 1 aliphatic heterocycles. The van der Waals surface area contributed by atoms with Gasteiger partial charge in [0.05, 0.1) is 25.9 Å². The van der Waals surface area contributed by atoms with Crippen molar-refractivity contribution in [1.29, 1.82) is 0 Å². The molecule has 0 radical (unpaired) electrons. The van der Waals surface area contributed by atoms with Gasteiger partial charge in [-0.3, -0.25) is 9.69 Å². The van der Waals surface area contributed by atoms with Crippen molar-refractivity contribution < 1.29 is 14.6 Å². The molecule has 0 unspecified atom stereocenters. The average Bonchev–Trinajstić information content (AvgIpc) is 3.05. The van der Waals surface area contributed by atoms with Gasteiger partial charge in [-0.15, -0.1) is 0 Å². The van der Waals surface area contributed by atoms with Crippen molar-refractivity contribution in [3.63, 3.8) is 0 Å². The molecule has 0 bridgehead atoms. The molecule has 1 amide bonds. The van der Waals surface area contributed by atoms with Gasteiger partial charge in [0.1, 0.15) is 0 Å². The van der Waals surface area contributed by atoms with Gasteiger partial charge in [-0.2, -0.15) is 0 Å². The standard InChI is InChI=1S/C25H42N2O3/c1-24-9-7-18(28)15-17(24)3-4-19-20-5-6-22(25(20,2)10-8-21(19)24)26-23(29)16-27-11-13-30-14-12-27/h17-22,28H,3-16H2,1-2H3,(H,26,29)/t17-,18+,19-,20+,21-,22+,24-,25-/m0/s1. The highest BCUT2D eigenvalue weighted by atomic mass is 16.5. The van der Waals surface area contributed by atoms with E-state index in [4.69, 9.17) is 4.74 Å². The van der Waals surface area contributed by atoms with Gasteiger partial charge in [-0.1, -0.05) is 13.8 Å². The lowest BCUT2D eigenvalue weighted by Gasteiger charge is -2.61. The van der Waals surface area contributed by atoms with Crippen molar-refractivity contribution in [2.75, 3.05) is 32.8 Å². The van der Waals surface area contributed by atoms with E-state index in [9.17, 15) is 9.90 Å². The van der Waals surface area contributed by atoms with Crippen LogP contribution in [-0.2, 0) is 9.53 Å². The smallest absolute Gasteiger partial charge is 0.234 e. The number of aliphatic hydroxyl groups excluding tert-OH is 1. The number of hydrogen-bond donors (Lipinski definition) is 2. The molecule has 30 heavy (non-hydrogen) atoms. The quantitative estimate of drug-likeness (QED) is 0.739. The largest absolute Gasteiger partial charge is 0.393 e. The molecule has 5 nitrogen and oxygen atoms in total. The van der Waals surface area contributed by atoms with Crippen LogP contribution < -0.4 is 5.32 Å². The van der Waals surface area contributed by atoms with Crippen LogP contribution in [0.15, 0.2) is 0 Å². The Morgan fingerprint density at radius 1 is 1.00 bits per heavy atom. The number of aliphatic hydroxyl groups is 1. The van der Waals surface area contributed by atoms with Crippen molar-refractivity contribution in [3.05, 3.63) is 0 Å². The molecule has 5 rings (SSSR count). The number of nitrogens with zero attached hydrogens (tertiary/aromatic N) is 1. The zero-order valence-corrected chi connectivity index (χ0v) is 19.1. The first kappa shape index (κ1) is 21.2. The highest BCUT2D eigenvalue weighted by molar-refractivity contribution is 5.78. The Balaban J connectivity index is 1.25. The predicted molar refractivity (Wildman–Crippen MR) is 117 cm³/mol. The Bertz CT molecular complexity index is 650. The Morgan fingerprint density at radius 2 is 1.73 bits per heavy atom. The third-order valence-electron chi connectivity index (χ3n) is 10.4. The molecule has 0 aromatic rings. The topological polar surface area (TPSA) is 61.8 Å². The first-order valence-electron chi connectivity index (χ1n) is 12.7. The molecule has 0 aromatic heterocycles. The van der Waals surface area contributed by atoms with E-state index in [-0.39, 0.29) is 17.4 Å². The van der Waals surface area contributed by atoms with Gasteiger partial charge >= 0.3 is 0 Å². The minimum absolute atomic E-state index is 0.0639. The molecule has 5 fully saturated rings. The number of carbonyl (C=O) groups excluding carboxylic acids is 1. The van der Waals surface area contributed by atoms with E-state index in [0.29, 0.717) is 18.0 Å². The van der Waals surface area contributed by atoms with E-state index in [1.165, 1.54) is 38.5 Å². The lowest BCUT2D eigenvalue weighted by Crippen LogP contribution is -2.56. The van der Waals surface area contributed by atoms with Gasteiger partial charge in [0.25, 0.3) is 0 Å². The zero-order valence-electron chi connectivity index (χ0n) is 19.1. The van der Waals surface area contributed by atoms with E-state index < -0.39 is 0 Å². The number of morpholine rings is 1. The molecule has 2 N–H and O–H groups in total. The van der Waals surface area contributed by atoms with Gasteiger partial charge in [-0.05, 0) is 92.3 Å². The Labute approximate surface area is 182 Å². The summed E-state index contributed by atoms with van der Waals surface area (Å²) in [4.78, 5) is 15.0. The Morgan fingerprint density at radius 3 is 2.53 bits per heavy atom. The summed E-state index contributed by atoms with van der Waals surface area (Å²) in [7, 11) is 0. The molecular formula is C25H42N2O3. The number of carbonyl (C=O) groups is 1. The number of hydrogen-bond acceptors (Lipinski definition) is 4. The van der Waals surface area contributed by atoms with Crippen LogP contribution >= 0.6 is 0 Å². The fourth-order valence-electron chi connectivity index (χ4n) is 8.67. The second-order valence-electron chi connectivity index (χ2n) is 11.7. The molecule has 5 heteroatoms. The summed E-state index contributed by atoms with van der Waals surface area (Å²) in [6.45, 7) is 8.80. The summed E-state index contributed by atoms with van der Waals surface area (Å²) in [5.41, 5.74) is 0.695. The lowest BCUT2D eigenvalue weighted by molar-refractivity contribution is -0.131. The van der Waals surface area contributed by atoms with Gasteiger partial charge in [0.2, 0.25) is 5.91 Å². The van der Waals surface area contributed by atoms with Gasteiger partial charge in [-0.25, -0.2) is 0 Å². The van der Waals surface area contributed by atoms with Gasteiger partial charge in [0, 0.05) is 19.1 Å². The second kappa shape index (κ2) is 8.04. The van der Waals surface area contributed by atoms with Crippen LogP contribution in [0.3, 0.4) is 0 Å². The lowest BCUT2D eigenvalue weighted by atomic mass is 9.45. The molecular weight excluding hydrogens is 376 g/mol. The molecule has 8 atom stereocenters. The molecule has 0 aromatic carbocycles. The average molecular weight is 419 g/mol. The highest BCUT2D eigenvalue weighted by Crippen LogP contribution is 2.66. The third-order valence-corrected chi connectivity index (χ3v) is 10.4. The van der Waals surface area contributed by atoms with E-state index in [2.05, 4.69) is 24.1 Å². The van der Waals surface area contributed by atoms with E-state index in [1.807, 2.05) is 0 Å². The molecule has 1 saturated heterocycles. The van der Waals surface area contributed by atoms with Crippen LogP contribution in [0.5, 0.6) is 0 Å². The van der Waals surface area contributed by atoms with E-state index in [0.717, 1.165) is 69.2 Å². The first-order chi connectivity index (χ1) is 14.4. The summed E-state index contributed by atoms with van der Waals surface area (Å²) >= 11 is 0.